The first kappa shape index (κ1) is 11.2. The average molecular weight is 176 g/mol. The molecule has 4 heteroatoms. The molecule has 0 saturated carbocycles. The Morgan fingerprint density at radius 1 is 1.42 bits per heavy atom. The topological polar surface area (TPSA) is 35.5 Å². The van der Waals surface area contributed by atoms with E-state index < -0.39 is 6.16 Å². The molecular weight excluding hydrogens is 158 g/mol. The van der Waals surface area contributed by atoms with Crippen molar-refractivity contribution in [1.29, 1.82) is 0 Å². The quantitative estimate of drug-likeness (QED) is 0.471. The summed E-state index contributed by atoms with van der Waals surface area (Å²) >= 11 is 0. The summed E-state index contributed by atoms with van der Waals surface area (Å²) in [5.74, 6) is 0. The molecule has 0 aromatic rings. The fraction of sp³-hybridized carbons (Fsp3) is 0.875. The highest BCUT2D eigenvalue weighted by Gasteiger charge is 2.12. The second kappa shape index (κ2) is 4.98. The number of quaternary nitrogens is 1. The summed E-state index contributed by atoms with van der Waals surface area (Å²) in [5, 5.41) is 0. The van der Waals surface area contributed by atoms with Crippen LogP contribution in [0.3, 0.4) is 0 Å². The fourth-order valence-corrected chi connectivity index (χ4v) is 0.593. The number of ether oxygens (including phenoxy) is 2. The van der Waals surface area contributed by atoms with Gasteiger partial charge in [-0.2, -0.15) is 0 Å². The number of likely N-dealkylation sites (N-methyl/N-ethyl adjacent to an activating group) is 1. The third kappa shape index (κ3) is 4.96. The van der Waals surface area contributed by atoms with Crippen molar-refractivity contribution in [2.75, 3.05) is 40.9 Å². The minimum Gasteiger partial charge on any atom is -0.438 e. The Morgan fingerprint density at radius 3 is 2.42 bits per heavy atom. The maximum absolute atomic E-state index is 10.5. The van der Waals surface area contributed by atoms with Gasteiger partial charge in [0, 0.05) is 0 Å². The zero-order valence-electron chi connectivity index (χ0n) is 8.29. The second-order valence-corrected chi connectivity index (χ2v) is 3.28. The lowest BCUT2D eigenvalue weighted by Gasteiger charge is -2.27. The van der Waals surface area contributed by atoms with Crippen molar-refractivity contribution in [3.63, 3.8) is 0 Å². The number of hydrogen-bond donors (Lipinski definition) is 0. The summed E-state index contributed by atoms with van der Waals surface area (Å²) in [5.41, 5.74) is 0. The first-order chi connectivity index (χ1) is 5.52. The van der Waals surface area contributed by atoms with Crippen molar-refractivity contribution < 1.29 is 18.8 Å². The molecule has 0 aliphatic heterocycles. The Labute approximate surface area is 73.7 Å². The summed E-state index contributed by atoms with van der Waals surface area (Å²) < 4.78 is 9.93. The highest BCUT2D eigenvalue weighted by Crippen LogP contribution is 1.95. The van der Waals surface area contributed by atoms with E-state index in [-0.39, 0.29) is 0 Å². The average Bonchev–Trinajstić information content (AvgIpc) is 2.04. The predicted octanol–water partition coefficient (Wildman–Crippen LogP) is 0.866. The molecule has 0 rings (SSSR count). The molecule has 0 unspecified atom stereocenters. The van der Waals surface area contributed by atoms with Gasteiger partial charge in [0.05, 0.1) is 27.7 Å². The molecule has 12 heavy (non-hydrogen) atoms. The molecule has 0 amide bonds. The van der Waals surface area contributed by atoms with Crippen molar-refractivity contribution >= 4 is 6.16 Å². The smallest absolute Gasteiger partial charge is 0.438 e. The van der Waals surface area contributed by atoms with Gasteiger partial charge >= 0.3 is 6.16 Å². The van der Waals surface area contributed by atoms with Gasteiger partial charge < -0.3 is 14.0 Å². The van der Waals surface area contributed by atoms with Gasteiger partial charge in [-0.25, -0.2) is 4.79 Å². The van der Waals surface area contributed by atoms with Crippen molar-refractivity contribution in [3.05, 3.63) is 0 Å². The molecule has 72 valence electrons. The molecule has 0 N–H and O–H groups in total. The van der Waals surface area contributed by atoms with Crippen LogP contribution in [0.5, 0.6) is 0 Å². The number of carbonyl (C=O) groups is 1. The third-order valence-electron chi connectivity index (χ3n) is 1.94. The van der Waals surface area contributed by atoms with Crippen LogP contribution in [-0.4, -0.2) is 51.5 Å². The van der Waals surface area contributed by atoms with Gasteiger partial charge in [0.25, 0.3) is 0 Å². The van der Waals surface area contributed by atoms with E-state index in [4.69, 9.17) is 4.74 Å². The molecule has 0 heterocycles. The van der Waals surface area contributed by atoms with Crippen LogP contribution >= 0.6 is 0 Å². The number of rotatable bonds is 4. The molecular formula is C8H18NO3+. The number of methoxy groups -OCH3 is 1. The van der Waals surface area contributed by atoms with E-state index in [1.54, 1.807) is 0 Å². The molecule has 0 aliphatic rings. The maximum Gasteiger partial charge on any atom is 0.508 e. The largest absolute Gasteiger partial charge is 0.508 e. The van der Waals surface area contributed by atoms with Gasteiger partial charge in [-0.05, 0) is 6.92 Å². The monoisotopic (exact) mass is 176 g/mol. The van der Waals surface area contributed by atoms with E-state index in [2.05, 4.69) is 25.8 Å². The zero-order chi connectivity index (χ0) is 9.61. The van der Waals surface area contributed by atoms with Gasteiger partial charge in [-0.1, -0.05) is 0 Å². The van der Waals surface area contributed by atoms with Crippen LogP contribution in [-0.2, 0) is 9.47 Å². The van der Waals surface area contributed by atoms with Gasteiger partial charge in [-0.3, -0.25) is 0 Å². The van der Waals surface area contributed by atoms with Gasteiger partial charge in [0.1, 0.15) is 13.2 Å². The van der Waals surface area contributed by atoms with Crippen molar-refractivity contribution in [2.45, 2.75) is 6.92 Å². The molecule has 0 atom stereocenters. The molecule has 4 nitrogen and oxygen atoms in total. The Kier molecular flexibility index (Phi) is 4.66. The van der Waals surface area contributed by atoms with E-state index >= 15 is 0 Å². The highest BCUT2D eigenvalue weighted by molar-refractivity contribution is 5.59. The summed E-state index contributed by atoms with van der Waals surface area (Å²) in [6, 6.07) is 0. The molecule has 0 aromatic carbocycles. The highest BCUT2D eigenvalue weighted by atomic mass is 16.7. The predicted molar refractivity (Wildman–Crippen MR) is 45.9 cm³/mol. The van der Waals surface area contributed by atoms with Crippen molar-refractivity contribution in [2.24, 2.45) is 0 Å². The summed E-state index contributed by atoms with van der Waals surface area (Å²) in [4.78, 5) is 10.5. The first-order valence-corrected chi connectivity index (χ1v) is 4.04. The molecule has 0 aliphatic carbocycles. The minimum atomic E-state index is -0.605. The van der Waals surface area contributed by atoms with Gasteiger partial charge in [0.15, 0.2) is 0 Å². The van der Waals surface area contributed by atoms with Crippen LogP contribution in [0.2, 0.25) is 0 Å². The van der Waals surface area contributed by atoms with Crippen LogP contribution in [0, 0.1) is 0 Å². The number of hydrogen-bond acceptors (Lipinski definition) is 3. The van der Waals surface area contributed by atoms with E-state index in [9.17, 15) is 4.79 Å². The second-order valence-electron chi connectivity index (χ2n) is 3.28. The van der Waals surface area contributed by atoms with Gasteiger partial charge in [0.2, 0.25) is 0 Å². The molecule has 0 radical (unpaired) electrons. The van der Waals surface area contributed by atoms with Crippen LogP contribution in [0.4, 0.5) is 4.79 Å². The Bertz CT molecular complexity index is 145. The molecule has 0 fully saturated rings. The summed E-state index contributed by atoms with van der Waals surface area (Å²) in [7, 11) is 5.48. The molecule has 0 spiro atoms. The standard InChI is InChI=1S/C8H18NO3/c1-5-9(2,3)6-7-12-8(10)11-4/h5-7H2,1-4H3/q+1. The minimum absolute atomic E-state index is 0.410. The van der Waals surface area contributed by atoms with Crippen molar-refractivity contribution in [1.82, 2.24) is 0 Å². The van der Waals surface area contributed by atoms with E-state index in [0.717, 1.165) is 17.6 Å². The van der Waals surface area contributed by atoms with Crippen LogP contribution < -0.4 is 0 Å². The third-order valence-corrected chi connectivity index (χ3v) is 1.94. The van der Waals surface area contributed by atoms with E-state index in [1.165, 1.54) is 7.11 Å². The zero-order valence-corrected chi connectivity index (χ0v) is 8.29. The Balaban J connectivity index is 3.49. The lowest BCUT2D eigenvalue weighted by molar-refractivity contribution is -0.888. The SMILES string of the molecule is CC[N+](C)(C)CCOC(=O)OC. The summed E-state index contributed by atoms with van der Waals surface area (Å²) in [6.07, 6.45) is -0.605. The van der Waals surface area contributed by atoms with Crippen molar-refractivity contribution in [3.8, 4) is 0 Å². The lowest BCUT2D eigenvalue weighted by atomic mass is 10.4. The molecule has 0 aromatic heterocycles. The normalized spacial score (nSPS) is 11.0. The van der Waals surface area contributed by atoms with Crippen LogP contribution in [0.1, 0.15) is 6.92 Å². The fourth-order valence-electron chi connectivity index (χ4n) is 0.593. The van der Waals surface area contributed by atoms with E-state index in [0.29, 0.717) is 6.61 Å². The lowest BCUT2D eigenvalue weighted by Crippen LogP contribution is -2.42. The summed E-state index contributed by atoms with van der Waals surface area (Å²) in [6.45, 7) is 4.34. The van der Waals surface area contributed by atoms with E-state index in [1.807, 2.05) is 0 Å². The van der Waals surface area contributed by atoms with Gasteiger partial charge in [-0.15, -0.1) is 0 Å². The Hall–Kier alpha value is -0.770. The van der Waals surface area contributed by atoms with Crippen LogP contribution in [0.25, 0.3) is 0 Å². The Morgan fingerprint density at radius 2 is 2.00 bits per heavy atom. The maximum atomic E-state index is 10.5. The number of carbonyl (C=O) groups excluding carboxylic acids is 1. The number of nitrogens with zero attached hydrogens (tertiary/aromatic N) is 1. The first-order valence-electron chi connectivity index (χ1n) is 4.04. The molecule has 0 bridgehead atoms. The van der Waals surface area contributed by atoms with Crippen LogP contribution in [0.15, 0.2) is 0 Å². The molecule has 0 saturated heterocycles.